The van der Waals surface area contributed by atoms with Crippen LogP contribution in [0.3, 0.4) is 0 Å². The van der Waals surface area contributed by atoms with Gasteiger partial charge in [0.25, 0.3) is 0 Å². The van der Waals surface area contributed by atoms with Gasteiger partial charge in [-0.25, -0.2) is 0 Å². The molecule has 0 radical (unpaired) electrons. The minimum absolute atomic E-state index is 0.423. The molecule has 0 aromatic heterocycles. The van der Waals surface area contributed by atoms with Crippen molar-refractivity contribution in [1.82, 2.24) is 0 Å². The van der Waals surface area contributed by atoms with Gasteiger partial charge in [0.05, 0.1) is 0 Å². The Kier molecular flexibility index (Phi) is 4.72. The fraction of sp³-hybridized carbons (Fsp3) is 0.273. The zero-order valence-electron chi connectivity index (χ0n) is 9.32. The number of halogens is 1. The monoisotopic (exact) mass is 336 g/mol. The van der Waals surface area contributed by atoms with Crippen LogP contribution in [0.25, 0.3) is 0 Å². The maximum atomic E-state index is 10.9. The average molecular weight is 336 g/mol. The van der Waals surface area contributed by atoms with Crippen molar-refractivity contribution in [2.45, 2.75) is 20.8 Å². The third-order valence-electron chi connectivity index (χ3n) is 1.52. The second-order valence-electron chi connectivity index (χ2n) is 3.15. The molecule has 0 aliphatic carbocycles. The predicted molar refractivity (Wildman–Crippen MR) is 67.4 cm³/mol. The fourth-order valence-electron chi connectivity index (χ4n) is 1.00. The van der Waals surface area contributed by atoms with Crippen LogP contribution in [0.1, 0.15) is 19.4 Å². The quantitative estimate of drug-likeness (QED) is 0.797. The van der Waals surface area contributed by atoms with Crippen molar-refractivity contribution in [2.75, 3.05) is 0 Å². The molecule has 0 saturated heterocycles. The Morgan fingerprint density at radius 1 is 1.12 bits per heavy atom. The van der Waals surface area contributed by atoms with Gasteiger partial charge in [-0.2, -0.15) is 0 Å². The average Bonchev–Trinajstić information content (AvgIpc) is 2.15. The number of hydrogen-bond donors (Lipinski definition) is 0. The Hall–Kier alpha value is -1.11. The van der Waals surface area contributed by atoms with Crippen LogP contribution in [0.15, 0.2) is 24.3 Å². The van der Waals surface area contributed by atoms with E-state index in [1.165, 1.54) is 13.8 Å². The van der Waals surface area contributed by atoms with Crippen molar-refractivity contribution in [3.8, 4) is 0 Å². The van der Waals surface area contributed by atoms with E-state index < -0.39 is 32.6 Å². The van der Waals surface area contributed by atoms with Gasteiger partial charge in [0, 0.05) is 0 Å². The summed E-state index contributed by atoms with van der Waals surface area (Å²) in [6.07, 6.45) is 0. The summed E-state index contributed by atoms with van der Waals surface area (Å²) in [4.78, 5) is 21.8. The Labute approximate surface area is 102 Å². The maximum absolute atomic E-state index is 10.9. The van der Waals surface area contributed by atoms with E-state index in [9.17, 15) is 9.59 Å². The molecule has 1 aromatic rings. The van der Waals surface area contributed by atoms with Crippen molar-refractivity contribution in [2.24, 2.45) is 0 Å². The Morgan fingerprint density at radius 3 is 2.12 bits per heavy atom. The summed E-state index contributed by atoms with van der Waals surface area (Å²) < 4.78 is 11.0. The van der Waals surface area contributed by atoms with E-state index >= 15 is 0 Å². The first-order chi connectivity index (χ1) is 7.49. The van der Waals surface area contributed by atoms with Crippen LogP contribution in [-0.2, 0) is 15.7 Å². The van der Waals surface area contributed by atoms with Gasteiger partial charge in [-0.05, 0) is 0 Å². The van der Waals surface area contributed by atoms with Crippen LogP contribution in [0.5, 0.6) is 0 Å². The minimum atomic E-state index is -2.62. The van der Waals surface area contributed by atoms with Crippen LogP contribution in [0.2, 0.25) is 0 Å². The van der Waals surface area contributed by atoms with E-state index in [0.29, 0.717) is 0 Å². The molecule has 0 aliphatic heterocycles. The second-order valence-corrected chi connectivity index (χ2v) is 6.52. The number of rotatable bonds is 3. The molecule has 88 valence electrons. The van der Waals surface area contributed by atoms with E-state index in [0.717, 1.165) is 9.13 Å². The second kappa shape index (κ2) is 5.83. The summed E-state index contributed by atoms with van der Waals surface area (Å²) in [6, 6.07) is 7.46. The molecular weight excluding hydrogens is 323 g/mol. The van der Waals surface area contributed by atoms with Gasteiger partial charge in [0.15, 0.2) is 0 Å². The molecule has 0 saturated carbocycles. The summed E-state index contributed by atoms with van der Waals surface area (Å²) in [5, 5.41) is 0. The molecule has 0 aliphatic rings. The summed E-state index contributed by atoms with van der Waals surface area (Å²) >= 11 is -2.62. The molecule has 16 heavy (non-hydrogen) atoms. The van der Waals surface area contributed by atoms with Crippen molar-refractivity contribution in [1.29, 1.82) is 0 Å². The molecule has 1 rings (SSSR count). The van der Waals surface area contributed by atoms with Gasteiger partial charge >= 0.3 is 102 Å². The van der Waals surface area contributed by atoms with Crippen LogP contribution < -0.4 is 0 Å². The van der Waals surface area contributed by atoms with Crippen LogP contribution in [-0.4, -0.2) is 11.9 Å². The van der Waals surface area contributed by atoms with Gasteiger partial charge in [-0.3, -0.25) is 0 Å². The topological polar surface area (TPSA) is 52.6 Å². The molecule has 0 amide bonds. The predicted octanol–water partition coefficient (Wildman–Crippen LogP) is 2.63. The summed E-state index contributed by atoms with van der Waals surface area (Å²) in [7, 11) is 0. The molecule has 4 nitrogen and oxygen atoms in total. The van der Waals surface area contributed by atoms with Crippen molar-refractivity contribution in [3.05, 3.63) is 33.4 Å². The third-order valence-corrected chi connectivity index (χ3v) is 5.24. The number of carbonyl (C=O) groups excluding carboxylic acids is 2. The van der Waals surface area contributed by atoms with Gasteiger partial charge < -0.3 is 0 Å². The molecule has 0 unspecified atom stereocenters. The van der Waals surface area contributed by atoms with E-state index in [2.05, 4.69) is 0 Å². The third kappa shape index (κ3) is 4.18. The Morgan fingerprint density at radius 2 is 1.69 bits per heavy atom. The zero-order valence-corrected chi connectivity index (χ0v) is 11.5. The van der Waals surface area contributed by atoms with Crippen LogP contribution in [0, 0.1) is 10.5 Å². The molecule has 0 fully saturated rings. The van der Waals surface area contributed by atoms with E-state index in [-0.39, 0.29) is 0 Å². The first-order valence-electron chi connectivity index (χ1n) is 4.64. The summed E-state index contributed by atoms with van der Waals surface area (Å²) in [5.74, 6) is -0.846. The first-order valence-corrected chi connectivity index (χ1v) is 7.48. The zero-order chi connectivity index (χ0) is 12.1. The number of benzene rings is 1. The van der Waals surface area contributed by atoms with Gasteiger partial charge in [-0.15, -0.1) is 0 Å². The van der Waals surface area contributed by atoms with Gasteiger partial charge in [0.1, 0.15) is 0 Å². The molecule has 0 N–H and O–H groups in total. The fourth-order valence-corrected chi connectivity index (χ4v) is 3.98. The van der Waals surface area contributed by atoms with Gasteiger partial charge in [0.2, 0.25) is 0 Å². The van der Waals surface area contributed by atoms with Gasteiger partial charge in [-0.1, -0.05) is 0 Å². The van der Waals surface area contributed by atoms with Crippen molar-refractivity contribution in [3.63, 3.8) is 0 Å². The molecule has 0 spiro atoms. The van der Waals surface area contributed by atoms with Crippen molar-refractivity contribution >= 4 is 32.6 Å². The number of carbonyl (C=O) groups is 2. The Bertz CT molecular complexity index is 387. The molecule has 5 heteroatoms. The molecule has 0 atom stereocenters. The summed E-state index contributed by atoms with van der Waals surface area (Å²) in [5.41, 5.74) is 1.04. The van der Waals surface area contributed by atoms with E-state index in [1.807, 2.05) is 31.2 Å². The molecule has 0 heterocycles. The molecular formula is C11H13IO4. The number of aryl methyl sites for hydroxylation is 1. The molecule has 1 aromatic carbocycles. The van der Waals surface area contributed by atoms with Crippen molar-refractivity contribution < 1.29 is 15.7 Å². The number of hydrogen-bond acceptors (Lipinski definition) is 4. The Balaban J connectivity index is 2.90. The summed E-state index contributed by atoms with van der Waals surface area (Å²) in [6.45, 7) is 4.55. The SMILES string of the molecule is CC(=O)OI(OC(C)=O)c1cccc(C)c1. The first kappa shape index (κ1) is 13.0. The molecule has 0 bridgehead atoms. The van der Waals surface area contributed by atoms with Crippen LogP contribution in [0.4, 0.5) is 0 Å². The van der Waals surface area contributed by atoms with Crippen LogP contribution >= 0.6 is 20.6 Å². The van der Waals surface area contributed by atoms with E-state index in [4.69, 9.17) is 6.13 Å². The normalized spacial score (nSPS) is 10.6. The van der Waals surface area contributed by atoms with E-state index in [1.54, 1.807) is 0 Å². The standard InChI is InChI=1S/C11H13IO4/c1-8-5-4-6-11(7-8)12(15-9(2)13)16-10(3)14/h4-7H,1-3H3.